The van der Waals surface area contributed by atoms with Crippen LogP contribution in [0.25, 0.3) is 0 Å². The molecule has 0 saturated heterocycles. The van der Waals surface area contributed by atoms with Gasteiger partial charge >= 0.3 is 12.0 Å². The summed E-state index contributed by atoms with van der Waals surface area (Å²) in [4.78, 5) is 27.9. The van der Waals surface area contributed by atoms with Gasteiger partial charge in [0.2, 0.25) is 0 Å². The number of carboxylic acids is 1. The van der Waals surface area contributed by atoms with Crippen LogP contribution in [-0.4, -0.2) is 28.6 Å². The third-order valence-electron chi connectivity index (χ3n) is 2.48. The summed E-state index contributed by atoms with van der Waals surface area (Å²) in [6.07, 6.45) is 0. The number of aliphatic carboxylic acids is 1. The molecule has 1 aromatic rings. The Morgan fingerprint density at radius 2 is 1.88 bits per heavy atom. The van der Waals surface area contributed by atoms with Gasteiger partial charge in [-0.3, -0.25) is 4.84 Å². The number of carboxylic acid groups (broad SMARTS) is 1. The van der Waals surface area contributed by atoms with E-state index >= 15 is 0 Å². The number of benzene rings is 1. The monoisotopic (exact) mass is 236 g/mol. The van der Waals surface area contributed by atoms with Crippen molar-refractivity contribution in [1.29, 1.82) is 0 Å². The van der Waals surface area contributed by atoms with Crippen LogP contribution in [0, 0.1) is 0 Å². The van der Waals surface area contributed by atoms with Gasteiger partial charge in [-0.2, -0.15) is 0 Å². The van der Waals surface area contributed by atoms with Crippen molar-refractivity contribution in [1.82, 2.24) is 10.4 Å². The number of hydroxylamine groups is 1. The summed E-state index contributed by atoms with van der Waals surface area (Å²) in [7, 11) is 0. The van der Waals surface area contributed by atoms with Crippen LogP contribution in [-0.2, 0) is 22.7 Å². The van der Waals surface area contributed by atoms with E-state index in [0.717, 1.165) is 11.1 Å². The minimum atomic E-state index is -1.13. The maximum absolute atomic E-state index is 11.6. The molecule has 0 bridgehead atoms. The fraction of sp³-hybridized carbons (Fsp3) is 0.273. The molecule has 17 heavy (non-hydrogen) atoms. The van der Waals surface area contributed by atoms with Gasteiger partial charge in [0.1, 0.15) is 0 Å². The van der Waals surface area contributed by atoms with Gasteiger partial charge in [-0.1, -0.05) is 24.3 Å². The number of urea groups is 1. The highest BCUT2D eigenvalue weighted by molar-refractivity contribution is 5.74. The molecule has 2 rings (SSSR count). The summed E-state index contributed by atoms with van der Waals surface area (Å²) >= 11 is 0. The van der Waals surface area contributed by atoms with Crippen molar-refractivity contribution in [3.05, 3.63) is 35.4 Å². The van der Waals surface area contributed by atoms with E-state index in [4.69, 9.17) is 5.11 Å². The number of carbonyl (C=O) groups is 2. The Morgan fingerprint density at radius 1 is 1.29 bits per heavy atom. The zero-order valence-electron chi connectivity index (χ0n) is 9.05. The third-order valence-corrected chi connectivity index (χ3v) is 2.48. The van der Waals surface area contributed by atoms with Gasteiger partial charge < -0.3 is 10.0 Å². The van der Waals surface area contributed by atoms with Crippen molar-refractivity contribution >= 4 is 12.0 Å². The smallest absolute Gasteiger partial charge is 0.341 e. The van der Waals surface area contributed by atoms with Crippen LogP contribution in [0.4, 0.5) is 4.79 Å². The van der Waals surface area contributed by atoms with Crippen LogP contribution < -0.4 is 5.48 Å². The van der Waals surface area contributed by atoms with Crippen molar-refractivity contribution in [2.24, 2.45) is 0 Å². The van der Waals surface area contributed by atoms with Crippen LogP contribution >= 0.6 is 0 Å². The van der Waals surface area contributed by atoms with Gasteiger partial charge in [-0.05, 0) is 11.1 Å². The molecule has 6 nitrogen and oxygen atoms in total. The van der Waals surface area contributed by atoms with Gasteiger partial charge in [0.15, 0.2) is 6.61 Å². The van der Waals surface area contributed by atoms with Crippen LogP contribution in [0.15, 0.2) is 24.3 Å². The van der Waals surface area contributed by atoms with E-state index in [1.165, 1.54) is 0 Å². The first-order chi connectivity index (χ1) is 8.16. The standard InChI is InChI=1S/C11H12N2O4/c14-10(15)7-17-12-11(16)13-5-8-3-1-2-4-9(8)6-13/h1-4H,5-7H2,(H,12,16)(H,14,15). The highest BCUT2D eigenvalue weighted by atomic mass is 16.7. The number of fused-ring (bicyclic) bond motifs is 1. The maximum Gasteiger partial charge on any atom is 0.341 e. The summed E-state index contributed by atoms with van der Waals surface area (Å²) in [5, 5.41) is 8.34. The molecule has 0 radical (unpaired) electrons. The molecule has 2 amide bonds. The van der Waals surface area contributed by atoms with Crippen molar-refractivity contribution in [3.63, 3.8) is 0 Å². The summed E-state index contributed by atoms with van der Waals surface area (Å²) in [6, 6.07) is 7.33. The van der Waals surface area contributed by atoms with Crippen LogP contribution in [0.3, 0.4) is 0 Å². The number of nitrogens with one attached hydrogen (secondary N) is 1. The van der Waals surface area contributed by atoms with Gasteiger partial charge in [0.05, 0.1) is 0 Å². The zero-order valence-corrected chi connectivity index (χ0v) is 9.05. The average molecular weight is 236 g/mol. The number of rotatable bonds is 3. The minimum absolute atomic E-state index is 0.428. The SMILES string of the molecule is O=C(O)CONC(=O)N1Cc2ccccc2C1. The first-order valence-corrected chi connectivity index (χ1v) is 5.12. The second-order valence-corrected chi connectivity index (χ2v) is 3.71. The maximum atomic E-state index is 11.6. The molecule has 0 fully saturated rings. The molecule has 1 aliphatic heterocycles. The first kappa shape index (κ1) is 11.4. The normalized spacial score (nSPS) is 13.3. The lowest BCUT2D eigenvalue weighted by Crippen LogP contribution is -2.37. The van der Waals surface area contributed by atoms with Gasteiger partial charge in [-0.15, -0.1) is 0 Å². The molecular weight excluding hydrogens is 224 g/mol. The molecule has 1 heterocycles. The topological polar surface area (TPSA) is 78.9 Å². The Balaban J connectivity index is 1.86. The fourth-order valence-corrected chi connectivity index (χ4v) is 1.70. The van der Waals surface area contributed by atoms with Crippen molar-refractivity contribution in [2.75, 3.05) is 6.61 Å². The summed E-state index contributed by atoms with van der Waals surface area (Å²) in [6.45, 7) is 0.476. The molecule has 1 aromatic carbocycles. The molecule has 90 valence electrons. The predicted molar refractivity (Wildman–Crippen MR) is 57.8 cm³/mol. The van der Waals surface area contributed by atoms with Crippen molar-refractivity contribution in [3.8, 4) is 0 Å². The summed E-state index contributed by atoms with van der Waals surface area (Å²) in [5.74, 6) is -1.13. The molecule has 0 unspecified atom stereocenters. The highest BCUT2D eigenvalue weighted by Gasteiger charge is 2.22. The quantitative estimate of drug-likeness (QED) is 0.758. The molecule has 1 aliphatic rings. The Morgan fingerprint density at radius 3 is 2.41 bits per heavy atom. The van der Waals surface area contributed by atoms with E-state index in [-0.39, 0.29) is 0 Å². The van der Waals surface area contributed by atoms with Crippen molar-refractivity contribution in [2.45, 2.75) is 13.1 Å². The lowest BCUT2D eigenvalue weighted by atomic mass is 10.1. The molecule has 0 aliphatic carbocycles. The largest absolute Gasteiger partial charge is 0.479 e. The number of hydrogen-bond donors (Lipinski definition) is 2. The fourth-order valence-electron chi connectivity index (χ4n) is 1.70. The molecule has 2 N–H and O–H groups in total. The Hall–Kier alpha value is -2.08. The first-order valence-electron chi connectivity index (χ1n) is 5.12. The molecule has 0 atom stereocenters. The summed E-state index contributed by atoms with van der Waals surface area (Å²) in [5.41, 5.74) is 4.29. The number of carbonyl (C=O) groups excluding carboxylic acids is 1. The molecule has 6 heteroatoms. The zero-order chi connectivity index (χ0) is 12.3. The van der Waals surface area contributed by atoms with Crippen molar-refractivity contribution < 1.29 is 19.5 Å². The van der Waals surface area contributed by atoms with Crippen LogP contribution in [0.1, 0.15) is 11.1 Å². The molecule has 0 spiro atoms. The number of nitrogens with zero attached hydrogens (tertiary/aromatic N) is 1. The molecule has 0 saturated carbocycles. The Bertz CT molecular complexity index is 422. The second-order valence-electron chi connectivity index (χ2n) is 3.71. The van der Waals surface area contributed by atoms with Gasteiger partial charge in [0, 0.05) is 13.1 Å². The highest BCUT2D eigenvalue weighted by Crippen LogP contribution is 2.21. The van der Waals surface area contributed by atoms with Gasteiger partial charge in [0.25, 0.3) is 0 Å². The molecule has 0 aromatic heterocycles. The van der Waals surface area contributed by atoms with Crippen LogP contribution in [0.5, 0.6) is 0 Å². The van der Waals surface area contributed by atoms with E-state index < -0.39 is 18.6 Å². The van der Waals surface area contributed by atoms with E-state index in [9.17, 15) is 9.59 Å². The number of hydrogen-bond acceptors (Lipinski definition) is 3. The second kappa shape index (κ2) is 4.84. The predicted octanol–water partition coefficient (Wildman–Crippen LogP) is 0.728. The van der Waals surface area contributed by atoms with E-state index in [1.807, 2.05) is 24.3 Å². The Labute approximate surface area is 97.7 Å². The Kier molecular flexibility index (Phi) is 3.24. The van der Waals surface area contributed by atoms with E-state index in [2.05, 4.69) is 10.3 Å². The third kappa shape index (κ3) is 2.73. The van der Waals surface area contributed by atoms with Crippen LogP contribution in [0.2, 0.25) is 0 Å². The average Bonchev–Trinajstić information content (AvgIpc) is 2.71. The minimum Gasteiger partial charge on any atom is -0.479 e. The van der Waals surface area contributed by atoms with E-state index in [1.54, 1.807) is 4.90 Å². The van der Waals surface area contributed by atoms with E-state index in [0.29, 0.717) is 13.1 Å². The summed E-state index contributed by atoms with van der Waals surface area (Å²) < 4.78 is 0. The lowest BCUT2D eigenvalue weighted by molar-refractivity contribution is -0.144. The lowest BCUT2D eigenvalue weighted by Gasteiger charge is -2.15. The number of amides is 2. The molecular formula is C11H12N2O4. The van der Waals surface area contributed by atoms with Gasteiger partial charge in [-0.25, -0.2) is 15.1 Å².